The second-order valence-corrected chi connectivity index (χ2v) is 10.0. The van der Waals surface area contributed by atoms with Crippen molar-refractivity contribution in [3.63, 3.8) is 0 Å². The molecule has 1 aliphatic carbocycles. The molecule has 1 saturated carbocycles. The van der Waals surface area contributed by atoms with Crippen LogP contribution in [0.3, 0.4) is 0 Å². The fourth-order valence-corrected chi connectivity index (χ4v) is 5.66. The highest BCUT2D eigenvalue weighted by Gasteiger charge is 2.53. The van der Waals surface area contributed by atoms with Crippen molar-refractivity contribution >= 4 is 33.8 Å². The van der Waals surface area contributed by atoms with Gasteiger partial charge in [-0.15, -0.1) is 12.4 Å². The lowest BCUT2D eigenvalue weighted by atomic mass is 9.96. The Balaban J connectivity index is 0.00000196. The summed E-state index contributed by atoms with van der Waals surface area (Å²) < 4.78 is 25.7. The van der Waals surface area contributed by atoms with E-state index in [1.165, 1.54) is 11.8 Å². The van der Waals surface area contributed by atoms with Crippen LogP contribution in [0, 0.1) is 0 Å². The molecule has 2 aliphatic rings. The summed E-state index contributed by atoms with van der Waals surface area (Å²) in [6, 6.07) is 5.91. The largest absolute Gasteiger partial charge is 0.308 e. The Kier molecular flexibility index (Phi) is 4.93. The van der Waals surface area contributed by atoms with Gasteiger partial charge in [0, 0.05) is 35.5 Å². The molecule has 1 N–H and O–H groups in total. The van der Waals surface area contributed by atoms with Crippen molar-refractivity contribution in [3.05, 3.63) is 40.0 Å². The van der Waals surface area contributed by atoms with Crippen LogP contribution in [0.25, 0.3) is 11.3 Å². The molecule has 0 amide bonds. The minimum Gasteiger partial charge on any atom is -0.308 e. The van der Waals surface area contributed by atoms with Crippen LogP contribution >= 0.6 is 24.0 Å². The van der Waals surface area contributed by atoms with E-state index < -0.39 is 14.6 Å². The van der Waals surface area contributed by atoms with Gasteiger partial charge < -0.3 is 5.32 Å². The van der Waals surface area contributed by atoms with Gasteiger partial charge in [-0.25, -0.2) is 8.42 Å². The van der Waals surface area contributed by atoms with Crippen molar-refractivity contribution < 1.29 is 8.42 Å². The molecular formula is C18H23Cl2N3O2S. The van der Waals surface area contributed by atoms with E-state index in [4.69, 9.17) is 11.6 Å². The molecule has 0 spiro atoms. The molecule has 26 heavy (non-hydrogen) atoms. The number of nitrogens with one attached hydrogen (secondary N) is 1. The van der Waals surface area contributed by atoms with Crippen LogP contribution in [0.2, 0.25) is 5.02 Å². The smallest absolute Gasteiger partial charge is 0.157 e. The molecule has 142 valence electrons. The number of fused-ring (bicyclic) bond motifs is 1. The van der Waals surface area contributed by atoms with Gasteiger partial charge in [-0.05, 0) is 56.5 Å². The SMILES string of the molecule is CC1NCCc2c1nn(C)c2-c1cc(Cl)cc(C2(S(C)(=O)=O)CC2)c1.Cl. The van der Waals surface area contributed by atoms with E-state index in [1.54, 1.807) is 6.07 Å². The van der Waals surface area contributed by atoms with Crippen molar-refractivity contribution in [2.24, 2.45) is 7.05 Å². The van der Waals surface area contributed by atoms with Crippen molar-refractivity contribution in [2.75, 3.05) is 12.8 Å². The maximum absolute atomic E-state index is 12.3. The van der Waals surface area contributed by atoms with Gasteiger partial charge in [0.2, 0.25) is 0 Å². The first kappa shape index (κ1) is 19.7. The highest BCUT2D eigenvalue weighted by Crippen LogP contribution is 2.53. The molecule has 8 heteroatoms. The Labute approximate surface area is 165 Å². The van der Waals surface area contributed by atoms with Gasteiger partial charge in [0.25, 0.3) is 0 Å². The summed E-state index contributed by atoms with van der Waals surface area (Å²) in [6.45, 7) is 3.02. The number of aromatic nitrogens is 2. The van der Waals surface area contributed by atoms with E-state index in [2.05, 4.69) is 17.3 Å². The normalized spacial score (nSPS) is 21.0. The van der Waals surface area contributed by atoms with Crippen molar-refractivity contribution in [1.82, 2.24) is 15.1 Å². The maximum Gasteiger partial charge on any atom is 0.157 e. The number of nitrogens with zero attached hydrogens (tertiary/aromatic N) is 2. The van der Waals surface area contributed by atoms with Crippen LogP contribution in [0.4, 0.5) is 0 Å². The zero-order valence-electron chi connectivity index (χ0n) is 15.0. The van der Waals surface area contributed by atoms with Crippen molar-refractivity contribution in [1.29, 1.82) is 0 Å². The van der Waals surface area contributed by atoms with Crippen LogP contribution < -0.4 is 5.32 Å². The molecule has 1 atom stereocenters. The Bertz CT molecular complexity index is 965. The molecule has 1 fully saturated rings. The average Bonchev–Trinajstić information content (AvgIpc) is 3.26. The summed E-state index contributed by atoms with van der Waals surface area (Å²) in [6.07, 6.45) is 3.55. The van der Waals surface area contributed by atoms with E-state index in [0.717, 1.165) is 35.5 Å². The standard InChI is InChI=1S/C18H22ClN3O2S.ClH/c1-11-16-15(4-7-20-11)17(22(2)21-16)12-8-13(10-14(19)9-12)18(5-6-18)25(3,23)24;/h8-11,20H,4-7H2,1-3H3;1H. The number of rotatable bonds is 3. The second-order valence-electron chi connectivity index (χ2n) is 7.26. The van der Waals surface area contributed by atoms with E-state index in [-0.39, 0.29) is 18.4 Å². The predicted molar refractivity (Wildman–Crippen MR) is 107 cm³/mol. The summed E-state index contributed by atoms with van der Waals surface area (Å²) in [4.78, 5) is 0. The Hall–Kier alpha value is -1.08. The Morgan fingerprint density at radius 1 is 1.31 bits per heavy atom. The van der Waals surface area contributed by atoms with Gasteiger partial charge in [-0.2, -0.15) is 5.10 Å². The molecule has 5 nitrogen and oxygen atoms in total. The van der Waals surface area contributed by atoms with Crippen LogP contribution in [0.1, 0.15) is 42.6 Å². The second kappa shape index (κ2) is 6.51. The van der Waals surface area contributed by atoms with E-state index >= 15 is 0 Å². The van der Waals surface area contributed by atoms with Gasteiger partial charge in [0.05, 0.1) is 16.1 Å². The first-order chi connectivity index (χ1) is 11.7. The van der Waals surface area contributed by atoms with Crippen LogP contribution in [-0.4, -0.2) is 31.0 Å². The Morgan fingerprint density at radius 3 is 2.62 bits per heavy atom. The van der Waals surface area contributed by atoms with Crippen LogP contribution in [0.15, 0.2) is 18.2 Å². The van der Waals surface area contributed by atoms with Gasteiger partial charge in [-0.3, -0.25) is 4.68 Å². The molecule has 0 radical (unpaired) electrons. The van der Waals surface area contributed by atoms with E-state index in [9.17, 15) is 8.42 Å². The van der Waals surface area contributed by atoms with Gasteiger partial charge in [0.1, 0.15) is 0 Å². The summed E-state index contributed by atoms with van der Waals surface area (Å²) in [5.41, 5.74) is 5.08. The molecule has 1 aliphatic heterocycles. The van der Waals surface area contributed by atoms with E-state index in [0.29, 0.717) is 17.9 Å². The molecule has 1 aromatic heterocycles. The van der Waals surface area contributed by atoms with Gasteiger partial charge in [-0.1, -0.05) is 11.6 Å². The molecule has 4 rings (SSSR count). The minimum atomic E-state index is -3.17. The molecule has 2 heterocycles. The quantitative estimate of drug-likeness (QED) is 0.833. The van der Waals surface area contributed by atoms with Crippen LogP contribution in [-0.2, 0) is 28.1 Å². The third-order valence-electron chi connectivity index (χ3n) is 5.52. The maximum atomic E-state index is 12.3. The number of hydrogen-bond acceptors (Lipinski definition) is 4. The number of benzene rings is 1. The van der Waals surface area contributed by atoms with E-state index in [1.807, 2.05) is 23.9 Å². The fourth-order valence-electron chi connectivity index (χ4n) is 4.03. The summed E-state index contributed by atoms with van der Waals surface area (Å²) >= 11 is 6.38. The zero-order chi connectivity index (χ0) is 18.0. The van der Waals surface area contributed by atoms with Crippen LogP contribution in [0.5, 0.6) is 0 Å². The minimum absolute atomic E-state index is 0. The number of halogens is 2. The average molecular weight is 416 g/mol. The lowest BCUT2D eigenvalue weighted by Gasteiger charge is -2.20. The molecule has 0 bridgehead atoms. The van der Waals surface area contributed by atoms with Gasteiger partial charge in [0.15, 0.2) is 9.84 Å². The number of aryl methyl sites for hydroxylation is 1. The summed E-state index contributed by atoms with van der Waals surface area (Å²) in [5.74, 6) is 0. The number of hydrogen-bond donors (Lipinski definition) is 1. The first-order valence-corrected chi connectivity index (χ1v) is 10.8. The Morgan fingerprint density at radius 2 is 2.00 bits per heavy atom. The monoisotopic (exact) mass is 415 g/mol. The lowest BCUT2D eigenvalue weighted by molar-refractivity contribution is 0.525. The van der Waals surface area contributed by atoms with Crippen molar-refractivity contribution in [3.8, 4) is 11.3 Å². The molecule has 1 unspecified atom stereocenters. The third kappa shape index (κ3) is 2.97. The summed E-state index contributed by atoms with van der Waals surface area (Å²) in [5, 5.41) is 8.68. The predicted octanol–water partition coefficient (Wildman–Crippen LogP) is 3.40. The first-order valence-electron chi connectivity index (χ1n) is 8.53. The highest BCUT2D eigenvalue weighted by atomic mass is 35.5. The number of sulfone groups is 1. The van der Waals surface area contributed by atoms with Gasteiger partial charge >= 0.3 is 0 Å². The van der Waals surface area contributed by atoms with Crippen molar-refractivity contribution in [2.45, 2.75) is 37.0 Å². The molecule has 1 aromatic carbocycles. The zero-order valence-corrected chi connectivity index (χ0v) is 17.4. The molecule has 0 saturated heterocycles. The highest BCUT2D eigenvalue weighted by molar-refractivity contribution is 7.92. The lowest BCUT2D eigenvalue weighted by Crippen LogP contribution is -2.27. The molecule has 2 aromatic rings. The molecular weight excluding hydrogens is 393 g/mol. The third-order valence-corrected chi connectivity index (χ3v) is 7.80. The topological polar surface area (TPSA) is 64.0 Å². The fraction of sp³-hybridized carbons (Fsp3) is 0.500. The summed E-state index contributed by atoms with van der Waals surface area (Å²) in [7, 11) is -1.24.